The van der Waals surface area contributed by atoms with Crippen LogP contribution in [0.1, 0.15) is 31.1 Å². The van der Waals surface area contributed by atoms with Crippen LogP contribution in [0.3, 0.4) is 0 Å². The number of carboxylic acids is 1. The first kappa shape index (κ1) is 18.2. The Balaban J connectivity index is 2.79. The van der Waals surface area contributed by atoms with Gasteiger partial charge in [-0.05, 0) is 37.1 Å². The predicted octanol–water partition coefficient (Wildman–Crippen LogP) is 1.79. The molecule has 3 N–H and O–H groups in total. The van der Waals surface area contributed by atoms with Crippen molar-refractivity contribution in [2.75, 3.05) is 0 Å². The van der Waals surface area contributed by atoms with Crippen LogP contribution in [0.4, 0.5) is 0 Å². The minimum Gasteiger partial charge on any atom is -0.480 e. The molecule has 2 unspecified atom stereocenters. The van der Waals surface area contributed by atoms with Crippen molar-refractivity contribution in [2.45, 2.75) is 32.9 Å². The molecule has 0 heterocycles. The number of carbonyl (C=O) groups excluding carboxylic acids is 2. The second-order valence-corrected chi connectivity index (χ2v) is 6.19. The zero-order valence-corrected chi connectivity index (χ0v) is 14.2. The van der Waals surface area contributed by atoms with Crippen LogP contribution in [0.15, 0.2) is 28.7 Å². The van der Waals surface area contributed by atoms with E-state index in [9.17, 15) is 14.4 Å². The lowest BCUT2D eigenvalue weighted by Crippen LogP contribution is -2.53. The highest BCUT2D eigenvalue weighted by atomic mass is 79.9. The standard InChI is InChI=1S/C15H19BrN2O4/c1-8(2)12(14(20)17-9(3)15(21)22)18-13(19)10-4-6-11(16)7-5-10/h4-9,12H,1-3H3,(H,17,20)(H,18,19)(H,21,22). The van der Waals surface area contributed by atoms with Gasteiger partial charge >= 0.3 is 5.97 Å². The lowest BCUT2D eigenvalue weighted by Gasteiger charge is -2.23. The highest BCUT2D eigenvalue weighted by molar-refractivity contribution is 9.10. The third-order valence-corrected chi connectivity index (χ3v) is 3.60. The van der Waals surface area contributed by atoms with E-state index in [0.29, 0.717) is 5.56 Å². The molecule has 0 saturated heterocycles. The summed E-state index contributed by atoms with van der Waals surface area (Å²) >= 11 is 3.28. The maximum absolute atomic E-state index is 12.2. The summed E-state index contributed by atoms with van der Waals surface area (Å²) in [6, 6.07) is 4.90. The topological polar surface area (TPSA) is 95.5 Å². The number of aliphatic carboxylic acids is 1. The van der Waals surface area contributed by atoms with Gasteiger partial charge in [0.15, 0.2) is 0 Å². The first-order valence-electron chi connectivity index (χ1n) is 6.82. The summed E-state index contributed by atoms with van der Waals surface area (Å²) in [5.74, 6) is -2.21. The van der Waals surface area contributed by atoms with E-state index in [0.717, 1.165) is 4.47 Å². The minimum atomic E-state index is -1.13. The summed E-state index contributed by atoms with van der Waals surface area (Å²) < 4.78 is 0.845. The Morgan fingerprint density at radius 2 is 1.59 bits per heavy atom. The van der Waals surface area contributed by atoms with Gasteiger partial charge in [0.2, 0.25) is 5.91 Å². The molecule has 2 atom stereocenters. The zero-order valence-electron chi connectivity index (χ0n) is 12.6. The third kappa shape index (κ3) is 5.14. The first-order chi connectivity index (χ1) is 10.2. The Morgan fingerprint density at radius 1 is 1.05 bits per heavy atom. The maximum Gasteiger partial charge on any atom is 0.325 e. The van der Waals surface area contributed by atoms with Gasteiger partial charge < -0.3 is 15.7 Å². The van der Waals surface area contributed by atoms with Gasteiger partial charge in [-0.2, -0.15) is 0 Å². The van der Waals surface area contributed by atoms with E-state index in [1.165, 1.54) is 6.92 Å². The summed E-state index contributed by atoms with van der Waals surface area (Å²) in [6.07, 6.45) is 0. The molecule has 6 nitrogen and oxygen atoms in total. The molecule has 0 saturated carbocycles. The number of halogens is 1. The fourth-order valence-electron chi connectivity index (χ4n) is 1.73. The molecule has 0 bridgehead atoms. The molecule has 120 valence electrons. The smallest absolute Gasteiger partial charge is 0.325 e. The number of carboxylic acid groups (broad SMARTS) is 1. The Bertz CT molecular complexity index is 557. The number of amides is 2. The van der Waals surface area contributed by atoms with Crippen LogP contribution in [-0.2, 0) is 9.59 Å². The molecule has 0 aromatic heterocycles. The fourth-order valence-corrected chi connectivity index (χ4v) is 1.99. The Morgan fingerprint density at radius 3 is 2.05 bits per heavy atom. The van der Waals surface area contributed by atoms with Crippen molar-refractivity contribution >= 4 is 33.7 Å². The molecule has 0 radical (unpaired) electrons. The second kappa shape index (κ2) is 7.93. The molecule has 1 aromatic rings. The number of carbonyl (C=O) groups is 3. The van der Waals surface area contributed by atoms with Crippen molar-refractivity contribution < 1.29 is 19.5 Å². The minimum absolute atomic E-state index is 0.180. The lowest BCUT2D eigenvalue weighted by atomic mass is 10.0. The Labute approximate surface area is 137 Å². The predicted molar refractivity (Wildman–Crippen MR) is 85.5 cm³/mol. The molecule has 0 spiro atoms. The van der Waals surface area contributed by atoms with Gasteiger partial charge in [0, 0.05) is 10.0 Å². The van der Waals surface area contributed by atoms with E-state index >= 15 is 0 Å². The average molecular weight is 371 g/mol. The molecular weight excluding hydrogens is 352 g/mol. The van der Waals surface area contributed by atoms with E-state index in [1.54, 1.807) is 38.1 Å². The van der Waals surface area contributed by atoms with E-state index in [2.05, 4.69) is 26.6 Å². The van der Waals surface area contributed by atoms with Crippen LogP contribution in [0.25, 0.3) is 0 Å². The molecule has 0 aliphatic carbocycles. The van der Waals surface area contributed by atoms with Crippen LogP contribution < -0.4 is 10.6 Å². The number of hydrogen-bond donors (Lipinski definition) is 3. The van der Waals surface area contributed by atoms with Gasteiger partial charge in [0.25, 0.3) is 5.91 Å². The molecule has 22 heavy (non-hydrogen) atoms. The van der Waals surface area contributed by atoms with Gasteiger partial charge in [-0.3, -0.25) is 14.4 Å². The molecule has 7 heteroatoms. The molecule has 1 aromatic carbocycles. The van der Waals surface area contributed by atoms with Crippen LogP contribution in [0.5, 0.6) is 0 Å². The second-order valence-electron chi connectivity index (χ2n) is 5.27. The zero-order chi connectivity index (χ0) is 16.9. The van der Waals surface area contributed by atoms with Gasteiger partial charge in [-0.1, -0.05) is 29.8 Å². The fraction of sp³-hybridized carbons (Fsp3) is 0.400. The van der Waals surface area contributed by atoms with Crippen molar-refractivity contribution in [3.63, 3.8) is 0 Å². The molecule has 0 aliphatic heterocycles. The molecular formula is C15H19BrN2O4. The van der Waals surface area contributed by atoms with Crippen LogP contribution in [0, 0.1) is 5.92 Å². The van der Waals surface area contributed by atoms with E-state index in [4.69, 9.17) is 5.11 Å². The molecule has 1 rings (SSSR count). The van der Waals surface area contributed by atoms with Gasteiger partial charge in [0.1, 0.15) is 12.1 Å². The highest BCUT2D eigenvalue weighted by Crippen LogP contribution is 2.11. The summed E-state index contributed by atoms with van der Waals surface area (Å²) in [5.41, 5.74) is 0.424. The normalized spacial score (nSPS) is 13.3. The van der Waals surface area contributed by atoms with Crippen LogP contribution >= 0.6 is 15.9 Å². The molecule has 0 fully saturated rings. The number of nitrogens with one attached hydrogen (secondary N) is 2. The summed E-state index contributed by atoms with van der Waals surface area (Å²) in [4.78, 5) is 35.1. The largest absolute Gasteiger partial charge is 0.480 e. The summed E-state index contributed by atoms with van der Waals surface area (Å²) in [7, 11) is 0. The van der Waals surface area contributed by atoms with Crippen molar-refractivity contribution in [3.05, 3.63) is 34.3 Å². The van der Waals surface area contributed by atoms with Gasteiger partial charge in [0.05, 0.1) is 0 Å². The highest BCUT2D eigenvalue weighted by Gasteiger charge is 2.27. The van der Waals surface area contributed by atoms with E-state index in [1.807, 2.05) is 0 Å². The van der Waals surface area contributed by atoms with Crippen molar-refractivity contribution in [3.8, 4) is 0 Å². The maximum atomic E-state index is 12.2. The summed E-state index contributed by atoms with van der Waals surface area (Å²) in [6.45, 7) is 4.92. The van der Waals surface area contributed by atoms with E-state index in [-0.39, 0.29) is 11.8 Å². The van der Waals surface area contributed by atoms with Crippen molar-refractivity contribution in [1.82, 2.24) is 10.6 Å². The van der Waals surface area contributed by atoms with Gasteiger partial charge in [-0.25, -0.2) is 0 Å². The first-order valence-corrected chi connectivity index (χ1v) is 7.61. The molecule has 0 aliphatic rings. The Kier molecular flexibility index (Phi) is 6.55. The number of hydrogen-bond acceptors (Lipinski definition) is 3. The SMILES string of the molecule is CC(NC(=O)C(NC(=O)c1ccc(Br)cc1)C(C)C)C(=O)O. The monoisotopic (exact) mass is 370 g/mol. The van der Waals surface area contributed by atoms with Gasteiger partial charge in [-0.15, -0.1) is 0 Å². The number of rotatable bonds is 6. The van der Waals surface area contributed by atoms with Crippen LogP contribution in [0.2, 0.25) is 0 Å². The Hall–Kier alpha value is -1.89. The third-order valence-electron chi connectivity index (χ3n) is 3.07. The van der Waals surface area contributed by atoms with Crippen molar-refractivity contribution in [1.29, 1.82) is 0 Å². The molecule has 2 amide bonds. The van der Waals surface area contributed by atoms with E-state index < -0.39 is 24.0 Å². The average Bonchev–Trinajstić information content (AvgIpc) is 2.44. The quantitative estimate of drug-likeness (QED) is 0.711. The number of benzene rings is 1. The van der Waals surface area contributed by atoms with Crippen LogP contribution in [-0.4, -0.2) is 35.0 Å². The van der Waals surface area contributed by atoms with Crippen molar-refractivity contribution in [2.24, 2.45) is 5.92 Å². The summed E-state index contributed by atoms with van der Waals surface area (Å²) in [5, 5.41) is 13.8. The lowest BCUT2D eigenvalue weighted by molar-refractivity contribution is -0.141.